The normalized spacial score (nSPS) is 14.6. The number of aliphatic carboxylic acids is 1. The van der Waals surface area contributed by atoms with Crippen molar-refractivity contribution in [2.75, 3.05) is 12.4 Å². The van der Waals surface area contributed by atoms with E-state index in [-0.39, 0.29) is 12.2 Å². The number of rotatable bonds is 9. The molecule has 11 heteroatoms. The van der Waals surface area contributed by atoms with Crippen LogP contribution in [0, 0.1) is 0 Å². The molecule has 0 aromatic carbocycles. The maximum absolute atomic E-state index is 12.2. The van der Waals surface area contributed by atoms with Gasteiger partial charge >= 0.3 is 5.97 Å². The maximum atomic E-state index is 12.2. The van der Waals surface area contributed by atoms with Crippen molar-refractivity contribution in [1.29, 1.82) is 0 Å². The Kier molecular flexibility index (Phi) is 7.51. The molecular weight excluding hydrogens is 326 g/mol. The molecule has 0 fully saturated rings. The number of nitrogens with one attached hydrogen (secondary N) is 3. The van der Waals surface area contributed by atoms with Crippen LogP contribution >= 0.6 is 12.6 Å². The third-order valence-electron chi connectivity index (χ3n) is 2.94. The van der Waals surface area contributed by atoms with Crippen LogP contribution in [0.4, 0.5) is 0 Å². The lowest BCUT2D eigenvalue weighted by Crippen LogP contribution is -2.56. The Balaban J connectivity index is 2.82. The van der Waals surface area contributed by atoms with E-state index in [4.69, 9.17) is 15.9 Å². The number of hydrogen-bond donors (Lipinski definition) is 7. The molecule has 0 spiro atoms. The second kappa shape index (κ2) is 9.12. The van der Waals surface area contributed by atoms with Crippen LogP contribution in [-0.2, 0) is 20.8 Å². The van der Waals surface area contributed by atoms with Gasteiger partial charge in [-0.1, -0.05) is 0 Å². The highest BCUT2D eigenvalue weighted by atomic mass is 32.1. The molecule has 1 heterocycles. The largest absolute Gasteiger partial charge is 0.480 e. The lowest BCUT2D eigenvalue weighted by atomic mass is 10.1. The Bertz CT molecular complexity index is 538. The summed E-state index contributed by atoms with van der Waals surface area (Å²) in [6.07, 6.45) is 2.92. The van der Waals surface area contributed by atoms with E-state index in [1.165, 1.54) is 12.5 Å². The van der Waals surface area contributed by atoms with Crippen LogP contribution in [0.2, 0.25) is 0 Å². The minimum atomic E-state index is -1.24. The number of aromatic nitrogens is 2. The zero-order valence-corrected chi connectivity index (χ0v) is 13.0. The molecule has 0 aliphatic heterocycles. The van der Waals surface area contributed by atoms with Crippen molar-refractivity contribution in [3.05, 3.63) is 18.2 Å². The van der Waals surface area contributed by atoms with Crippen molar-refractivity contribution in [3.63, 3.8) is 0 Å². The van der Waals surface area contributed by atoms with E-state index in [0.29, 0.717) is 5.69 Å². The van der Waals surface area contributed by atoms with Crippen LogP contribution in [0.15, 0.2) is 12.5 Å². The van der Waals surface area contributed by atoms with Gasteiger partial charge in [-0.15, -0.1) is 0 Å². The number of nitrogens with zero attached hydrogens (tertiary/aromatic N) is 1. The van der Waals surface area contributed by atoms with Gasteiger partial charge < -0.3 is 31.6 Å². The summed E-state index contributed by atoms with van der Waals surface area (Å²) in [5.41, 5.74) is 5.95. The second-order valence-electron chi connectivity index (χ2n) is 4.71. The predicted octanol–water partition coefficient (Wildman–Crippen LogP) is -2.74. The van der Waals surface area contributed by atoms with Crippen LogP contribution in [0.5, 0.6) is 0 Å². The first-order valence-corrected chi connectivity index (χ1v) is 7.30. The highest BCUT2D eigenvalue weighted by Gasteiger charge is 2.27. The van der Waals surface area contributed by atoms with Gasteiger partial charge in [0.2, 0.25) is 11.8 Å². The molecule has 0 saturated carbocycles. The number of thiol groups is 1. The number of aromatic amines is 1. The topological polar surface area (TPSA) is 170 Å². The van der Waals surface area contributed by atoms with E-state index in [1.54, 1.807) is 0 Å². The van der Waals surface area contributed by atoms with Gasteiger partial charge in [0.1, 0.15) is 18.1 Å². The molecule has 128 valence electrons. The molecule has 10 nitrogen and oxygen atoms in total. The minimum absolute atomic E-state index is 0.0502. The van der Waals surface area contributed by atoms with Crippen molar-refractivity contribution in [2.24, 2.45) is 5.73 Å². The maximum Gasteiger partial charge on any atom is 0.327 e. The zero-order chi connectivity index (χ0) is 17.4. The fraction of sp³-hybridized carbons (Fsp3) is 0.500. The number of carboxylic acids is 1. The molecule has 0 aliphatic carbocycles. The Hall–Kier alpha value is -2.11. The molecule has 0 bridgehead atoms. The molecule has 2 amide bonds. The van der Waals surface area contributed by atoms with Crippen LogP contribution < -0.4 is 16.4 Å². The smallest absolute Gasteiger partial charge is 0.327 e. The summed E-state index contributed by atoms with van der Waals surface area (Å²) in [6, 6.07) is -3.46. The Morgan fingerprint density at radius 1 is 1.30 bits per heavy atom. The molecule has 1 aromatic heterocycles. The predicted molar refractivity (Wildman–Crippen MR) is 82.7 cm³/mol. The van der Waals surface area contributed by atoms with E-state index in [9.17, 15) is 14.4 Å². The molecule has 0 saturated heterocycles. The fourth-order valence-corrected chi connectivity index (χ4v) is 1.89. The highest BCUT2D eigenvalue weighted by molar-refractivity contribution is 7.80. The second-order valence-corrected chi connectivity index (χ2v) is 5.08. The summed E-state index contributed by atoms with van der Waals surface area (Å²) in [4.78, 5) is 41.5. The minimum Gasteiger partial charge on any atom is -0.480 e. The van der Waals surface area contributed by atoms with Crippen LogP contribution in [0.3, 0.4) is 0 Å². The van der Waals surface area contributed by atoms with Gasteiger partial charge in [-0.05, 0) is 0 Å². The number of aliphatic hydroxyl groups is 1. The molecule has 23 heavy (non-hydrogen) atoms. The average Bonchev–Trinajstić information content (AvgIpc) is 3.03. The number of hydrogen-bond acceptors (Lipinski definition) is 7. The van der Waals surface area contributed by atoms with E-state index in [0.717, 1.165) is 0 Å². The van der Waals surface area contributed by atoms with Gasteiger partial charge in [0.05, 0.1) is 12.9 Å². The monoisotopic (exact) mass is 345 g/mol. The number of nitrogens with two attached hydrogens (primary N) is 1. The first-order valence-electron chi connectivity index (χ1n) is 6.67. The van der Waals surface area contributed by atoms with E-state index in [1.807, 2.05) is 0 Å². The highest BCUT2D eigenvalue weighted by Crippen LogP contribution is 2.01. The van der Waals surface area contributed by atoms with Gasteiger partial charge in [0, 0.05) is 24.1 Å². The number of carbonyl (C=O) groups is 3. The van der Waals surface area contributed by atoms with Crippen molar-refractivity contribution in [3.8, 4) is 0 Å². The third-order valence-corrected chi connectivity index (χ3v) is 3.31. The molecule has 0 radical (unpaired) electrons. The number of carboxylic acid groups (broad SMARTS) is 1. The molecule has 7 N–H and O–H groups in total. The van der Waals surface area contributed by atoms with E-state index >= 15 is 0 Å². The Labute approximate surface area is 137 Å². The van der Waals surface area contributed by atoms with E-state index in [2.05, 4.69) is 33.2 Å². The van der Waals surface area contributed by atoms with Gasteiger partial charge in [0.25, 0.3) is 0 Å². The number of carbonyl (C=O) groups excluding carboxylic acids is 2. The Morgan fingerprint density at radius 2 is 1.96 bits per heavy atom. The van der Waals surface area contributed by atoms with Crippen molar-refractivity contribution < 1.29 is 24.6 Å². The van der Waals surface area contributed by atoms with E-state index < -0.39 is 42.5 Å². The molecule has 0 aliphatic rings. The van der Waals surface area contributed by atoms with Gasteiger partial charge in [0.15, 0.2) is 0 Å². The Morgan fingerprint density at radius 3 is 2.43 bits per heavy atom. The number of amides is 2. The fourth-order valence-electron chi connectivity index (χ4n) is 1.64. The van der Waals surface area contributed by atoms with Crippen LogP contribution in [-0.4, -0.2) is 68.4 Å². The lowest BCUT2D eigenvalue weighted by molar-refractivity contribution is -0.141. The molecule has 1 aromatic rings. The summed E-state index contributed by atoms with van der Waals surface area (Å²) >= 11 is 3.85. The molecule has 1 rings (SSSR count). The summed E-state index contributed by atoms with van der Waals surface area (Å²) in [5, 5.41) is 22.5. The van der Waals surface area contributed by atoms with Crippen molar-refractivity contribution in [2.45, 2.75) is 24.5 Å². The lowest BCUT2D eigenvalue weighted by Gasteiger charge is -2.21. The van der Waals surface area contributed by atoms with Crippen molar-refractivity contribution in [1.82, 2.24) is 20.6 Å². The SMILES string of the molecule is N[C@@H](CO)C(=O)N[C@@H](Cc1cnc[nH]1)C(=O)N[C@@H](CS)C(=O)O. The van der Waals surface area contributed by atoms with Crippen molar-refractivity contribution >= 4 is 30.4 Å². The standard InChI is InChI=1S/C12H19N5O5S/c13-7(3-18)10(19)16-8(1-6-2-14-5-15-6)11(20)17-9(4-23)12(21)22/h2,5,7-9,18,23H,1,3-4,13H2,(H,14,15)(H,16,19)(H,17,20)(H,21,22)/t7-,8-,9-/m0/s1. The van der Waals surface area contributed by atoms with Gasteiger partial charge in [-0.2, -0.15) is 12.6 Å². The quantitative estimate of drug-likeness (QED) is 0.238. The summed E-state index contributed by atoms with van der Waals surface area (Å²) < 4.78 is 0. The summed E-state index contributed by atoms with van der Waals surface area (Å²) in [6.45, 7) is -0.585. The van der Waals surface area contributed by atoms with Gasteiger partial charge in [-0.25, -0.2) is 9.78 Å². The molecular formula is C12H19N5O5S. The summed E-state index contributed by atoms with van der Waals surface area (Å²) in [7, 11) is 0. The zero-order valence-electron chi connectivity index (χ0n) is 12.1. The molecule has 0 unspecified atom stereocenters. The first-order chi connectivity index (χ1) is 10.9. The molecule has 3 atom stereocenters. The average molecular weight is 345 g/mol. The number of H-pyrrole nitrogens is 1. The number of aliphatic hydroxyl groups excluding tert-OH is 1. The first kappa shape index (κ1) is 18.9. The third kappa shape index (κ3) is 5.88. The van der Waals surface area contributed by atoms with Crippen LogP contribution in [0.1, 0.15) is 5.69 Å². The summed E-state index contributed by atoms with van der Waals surface area (Å²) in [5.74, 6) is -2.79. The van der Waals surface area contributed by atoms with Crippen LogP contribution in [0.25, 0.3) is 0 Å². The number of imidazole rings is 1. The van der Waals surface area contributed by atoms with Gasteiger partial charge in [-0.3, -0.25) is 9.59 Å².